The number of aromatic nitrogens is 2. The minimum Gasteiger partial charge on any atom is -0.339 e. The molecule has 1 atom stereocenters. The lowest BCUT2D eigenvalue weighted by Crippen LogP contribution is -2.37. The first-order valence-electron chi connectivity index (χ1n) is 6.53. The van der Waals surface area contributed by atoms with Gasteiger partial charge < -0.3 is 9.84 Å². The number of rotatable bonds is 4. The summed E-state index contributed by atoms with van der Waals surface area (Å²) in [5, 5.41) is 7.24. The van der Waals surface area contributed by atoms with Crippen molar-refractivity contribution in [3.8, 4) is 0 Å². The minimum atomic E-state index is -2.90. The molecule has 0 bridgehead atoms. The molecule has 1 aliphatic rings. The molecule has 1 N–H and O–H groups in total. The molecule has 1 fully saturated rings. The lowest BCUT2D eigenvalue weighted by atomic mass is 10.1. The van der Waals surface area contributed by atoms with Crippen LogP contribution in [-0.4, -0.2) is 42.1 Å². The number of sulfone groups is 1. The molecule has 1 unspecified atom stereocenters. The highest BCUT2D eigenvalue weighted by atomic mass is 32.2. The summed E-state index contributed by atoms with van der Waals surface area (Å²) < 4.78 is 28.0. The van der Waals surface area contributed by atoms with Gasteiger partial charge in [0.25, 0.3) is 0 Å². The number of hydrogen-bond acceptors (Lipinski definition) is 6. The van der Waals surface area contributed by atoms with Crippen LogP contribution in [0, 0.1) is 0 Å². The summed E-state index contributed by atoms with van der Waals surface area (Å²) in [5.41, 5.74) is 0.0579. The van der Waals surface area contributed by atoms with Gasteiger partial charge in [0.05, 0.1) is 11.5 Å². The Hall–Kier alpha value is -0.950. The highest BCUT2D eigenvalue weighted by Crippen LogP contribution is 2.26. The van der Waals surface area contributed by atoms with Crippen LogP contribution in [0.2, 0.25) is 0 Å². The molecular formula is C12H21N3O3S. The molecule has 0 spiro atoms. The van der Waals surface area contributed by atoms with E-state index in [0.29, 0.717) is 24.6 Å². The van der Waals surface area contributed by atoms with E-state index in [2.05, 4.69) is 36.2 Å². The summed E-state index contributed by atoms with van der Waals surface area (Å²) >= 11 is 0. The monoisotopic (exact) mass is 287 g/mol. The summed E-state index contributed by atoms with van der Waals surface area (Å²) in [6.45, 7) is 7.04. The van der Waals surface area contributed by atoms with Crippen LogP contribution in [-0.2, 0) is 16.3 Å². The van der Waals surface area contributed by atoms with Gasteiger partial charge in [0, 0.05) is 24.4 Å². The van der Waals surface area contributed by atoms with Gasteiger partial charge in [0.2, 0.25) is 5.89 Å². The molecule has 0 amide bonds. The van der Waals surface area contributed by atoms with Gasteiger partial charge in [0.1, 0.15) is 0 Å². The SMILES string of the molecule is CC(C)(C)NCCc1nc(C2CCS(=O)(=O)C2)no1. The largest absolute Gasteiger partial charge is 0.339 e. The van der Waals surface area contributed by atoms with Crippen molar-refractivity contribution in [1.29, 1.82) is 0 Å². The molecule has 6 nitrogen and oxygen atoms in total. The van der Waals surface area contributed by atoms with Crippen molar-refractivity contribution >= 4 is 9.84 Å². The number of hydrogen-bond donors (Lipinski definition) is 1. The third kappa shape index (κ3) is 4.28. The number of nitrogens with one attached hydrogen (secondary N) is 1. The van der Waals surface area contributed by atoms with Gasteiger partial charge in [0.15, 0.2) is 15.7 Å². The molecular weight excluding hydrogens is 266 g/mol. The molecule has 0 radical (unpaired) electrons. The molecule has 1 saturated heterocycles. The summed E-state index contributed by atoms with van der Waals surface area (Å²) in [5.74, 6) is 1.38. The molecule has 2 heterocycles. The lowest BCUT2D eigenvalue weighted by Gasteiger charge is -2.19. The van der Waals surface area contributed by atoms with Crippen LogP contribution in [0.4, 0.5) is 0 Å². The Bertz CT molecular complexity index is 531. The average molecular weight is 287 g/mol. The second-order valence-corrected chi connectivity index (χ2v) is 8.30. The topological polar surface area (TPSA) is 85.1 Å². The van der Waals surface area contributed by atoms with E-state index >= 15 is 0 Å². The van der Waals surface area contributed by atoms with E-state index in [9.17, 15) is 8.42 Å². The van der Waals surface area contributed by atoms with Crippen LogP contribution in [0.3, 0.4) is 0 Å². The van der Waals surface area contributed by atoms with Crippen molar-refractivity contribution in [3.05, 3.63) is 11.7 Å². The maximum atomic E-state index is 11.4. The molecule has 0 aromatic carbocycles. The zero-order valence-electron chi connectivity index (χ0n) is 11.6. The normalized spacial score (nSPS) is 22.8. The quantitative estimate of drug-likeness (QED) is 0.885. The fourth-order valence-electron chi connectivity index (χ4n) is 2.08. The van der Waals surface area contributed by atoms with E-state index in [0.717, 1.165) is 6.54 Å². The standard InChI is InChI=1S/C12H21N3O3S/c1-12(2,3)13-6-4-10-14-11(15-18-10)9-5-7-19(16,17)8-9/h9,13H,4-8H2,1-3H3. The van der Waals surface area contributed by atoms with Crippen molar-refractivity contribution < 1.29 is 12.9 Å². The Kier molecular flexibility index (Phi) is 3.96. The molecule has 19 heavy (non-hydrogen) atoms. The predicted molar refractivity (Wildman–Crippen MR) is 71.8 cm³/mol. The summed E-state index contributed by atoms with van der Waals surface area (Å²) in [7, 11) is -2.90. The highest BCUT2D eigenvalue weighted by molar-refractivity contribution is 7.91. The van der Waals surface area contributed by atoms with Crippen molar-refractivity contribution in [2.24, 2.45) is 0 Å². The van der Waals surface area contributed by atoms with Crippen molar-refractivity contribution in [2.75, 3.05) is 18.1 Å². The van der Waals surface area contributed by atoms with Gasteiger partial charge in [-0.1, -0.05) is 5.16 Å². The maximum absolute atomic E-state index is 11.4. The molecule has 1 aromatic rings. The first kappa shape index (κ1) is 14.5. The van der Waals surface area contributed by atoms with Gasteiger partial charge in [-0.25, -0.2) is 8.42 Å². The predicted octanol–water partition coefficient (Wildman–Crippen LogP) is 0.902. The Labute approximate surface area is 113 Å². The van der Waals surface area contributed by atoms with Crippen LogP contribution in [0.25, 0.3) is 0 Å². The summed E-state index contributed by atoms with van der Waals surface area (Å²) in [6, 6.07) is 0. The second kappa shape index (κ2) is 5.20. The third-order valence-electron chi connectivity index (χ3n) is 3.08. The Morgan fingerprint density at radius 1 is 1.42 bits per heavy atom. The Balaban J connectivity index is 1.89. The van der Waals surface area contributed by atoms with E-state index in [4.69, 9.17) is 4.52 Å². The fraction of sp³-hybridized carbons (Fsp3) is 0.833. The van der Waals surface area contributed by atoms with Gasteiger partial charge in [-0.2, -0.15) is 4.98 Å². The van der Waals surface area contributed by atoms with Crippen LogP contribution in [0.5, 0.6) is 0 Å². The zero-order chi connectivity index (χ0) is 14.1. The summed E-state index contributed by atoms with van der Waals surface area (Å²) in [4.78, 5) is 4.30. The van der Waals surface area contributed by atoms with Gasteiger partial charge in [-0.3, -0.25) is 0 Å². The van der Waals surface area contributed by atoms with Crippen LogP contribution < -0.4 is 5.32 Å². The van der Waals surface area contributed by atoms with Crippen LogP contribution in [0.15, 0.2) is 4.52 Å². The Morgan fingerprint density at radius 3 is 2.74 bits per heavy atom. The van der Waals surface area contributed by atoms with E-state index in [-0.39, 0.29) is 23.0 Å². The van der Waals surface area contributed by atoms with Gasteiger partial charge in [-0.05, 0) is 27.2 Å². The molecule has 1 aromatic heterocycles. The van der Waals surface area contributed by atoms with E-state index < -0.39 is 9.84 Å². The number of nitrogens with zero attached hydrogens (tertiary/aromatic N) is 2. The molecule has 0 saturated carbocycles. The van der Waals surface area contributed by atoms with Crippen molar-refractivity contribution in [2.45, 2.75) is 45.1 Å². The van der Waals surface area contributed by atoms with Gasteiger partial charge in [-0.15, -0.1) is 0 Å². The smallest absolute Gasteiger partial charge is 0.227 e. The first-order valence-corrected chi connectivity index (χ1v) is 8.35. The van der Waals surface area contributed by atoms with Crippen molar-refractivity contribution in [1.82, 2.24) is 15.5 Å². The molecule has 108 valence electrons. The highest BCUT2D eigenvalue weighted by Gasteiger charge is 2.32. The zero-order valence-corrected chi connectivity index (χ0v) is 12.5. The van der Waals surface area contributed by atoms with Crippen molar-refractivity contribution in [3.63, 3.8) is 0 Å². The van der Waals surface area contributed by atoms with Gasteiger partial charge >= 0.3 is 0 Å². The third-order valence-corrected chi connectivity index (χ3v) is 4.84. The van der Waals surface area contributed by atoms with Crippen LogP contribution in [0.1, 0.15) is 44.8 Å². The molecule has 1 aliphatic heterocycles. The average Bonchev–Trinajstić information content (AvgIpc) is 2.83. The summed E-state index contributed by atoms with van der Waals surface area (Å²) in [6.07, 6.45) is 1.26. The van der Waals surface area contributed by atoms with E-state index in [1.165, 1.54) is 0 Å². The first-order chi connectivity index (χ1) is 8.75. The Morgan fingerprint density at radius 2 is 2.16 bits per heavy atom. The van der Waals surface area contributed by atoms with Crippen LogP contribution >= 0.6 is 0 Å². The second-order valence-electron chi connectivity index (χ2n) is 6.07. The molecule has 0 aliphatic carbocycles. The molecule has 2 rings (SSSR count). The lowest BCUT2D eigenvalue weighted by molar-refractivity contribution is 0.357. The maximum Gasteiger partial charge on any atom is 0.227 e. The minimum absolute atomic E-state index is 0.0579. The van der Waals surface area contributed by atoms with E-state index in [1.807, 2.05) is 0 Å². The fourth-order valence-corrected chi connectivity index (χ4v) is 3.82. The molecule has 7 heteroatoms. The van der Waals surface area contributed by atoms with E-state index in [1.54, 1.807) is 0 Å².